The topological polar surface area (TPSA) is 29.9 Å². The van der Waals surface area contributed by atoms with Crippen LogP contribution < -0.4 is 4.74 Å². The number of halogens is 2. The van der Waals surface area contributed by atoms with Crippen LogP contribution in [0.4, 0.5) is 0 Å². The third kappa shape index (κ3) is 2.79. The van der Waals surface area contributed by atoms with Crippen molar-refractivity contribution in [3.05, 3.63) is 56.8 Å². The number of nitrogens with zero attached hydrogens (tertiary/aromatic N) is 1. The number of fused-ring (bicyclic) bond motifs is 1. The summed E-state index contributed by atoms with van der Waals surface area (Å²) in [5.74, 6) is 0.765. The Labute approximate surface area is 137 Å². The van der Waals surface area contributed by atoms with Gasteiger partial charge >= 0.3 is 0 Å². The largest absolute Gasteiger partial charge is 0.494 e. The Kier molecular flexibility index (Phi) is 3.93. The summed E-state index contributed by atoms with van der Waals surface area (Å²) in [5.41, 5.74) is 2.86. The van der Waals surface area contributed by atoms with Gasteiger partial charge in [0.1, 0.15) is 11.3 Å². The van der Waals surface area contributed by atoms with Crippen LogP contribution >= 0.6 is 35.4 Å². The first-order valence-corrected chi connectivity index (χ1v) is 7.45. The van der Waals surface area contributed by atoms with Gasteiger partial charge in [0.25, 0.3) is 0 Å². The van der Waals surface area contributed by atoms with Crippen LogP contribution in [0.15, 0.2) is 36.4 Å². The maximum atomic E-state index is 6.05. The smallest absolute Gasteiger partial charge is 0.178 e. The Morgan fingerprint density at radius 3 is 2.57 bits per heavy atom. The van der Waals surface area contributed by atoms with E-state index in [-0.39, 0.29) is 0 Å². The van der Waals surface area contributed by atoms with Gasteiger partial charge in [-0.15, -0.1) is 0 Å². The number of H-pyrrole nitrogens is 1. The SMILES string of the molecule is COc1cccc2c1[nH]c(=S)n2Cc1cc(Cl)cc(Cl)c1. The molecule has 2 aromatic carbocycles. The van der Waals surface area contributed by atoms with Gasteiger partial charge < -0.3 is 14.3 Å². The van der Waals surface area contributed by atoms with E-state index in [1.807, 2.05) is 34.9 Å². The molecule has 1 heterocycles. The van der Waals surface area contributed by atoms with Gasteiger partial charge in [0.15, 0.2) is 4.77 Å². The monoisotopic (exact) mass is 338 g/mol. The first-order chi connectivity index (χ1) is 10.1. The van der Waals surface area contributed by atoms with Crippen molar-refractivity contribution in [1.29, 1.82) is 0 Å². The summed E-state index contributed by atoms with van der Waals surface area (Å²) in [5, 5.41) is 1.22. The lowest BCUT2D eigenvalue weighted by molar-refractivity contribution is 0.419. The van der Waals surface area contributed by atoms with E-state index in [4.69, 9.17) is 40.2 Å². The molecule has 0 aliphatic carbocycles. The number of rotatable bonds is 3. The zero-order chi connectivity index (χ0) is 15.0. The molecule has 0 saturated heterocycles. The van der Waals surface area contributed by atoms with Gasteiger partial charge in [-0.1, -0.05) is 29.3 Å². The van der Waals surface area contributed by atoms with E-state index >= 15 is 0 Å². The Hall–Kier alpha value is -1.49. The molecule has 3 aromatic rings. The highest BCUT2D eigenvalue weighted by atomic mass is 35.5. The van der Waals surface area contributed by atoms with Crippen molar-refractivity contribution < 1.29 is 4.74 Å². The van der Waals surface area contributed by atoms with Crippen LogP contribution in [0.5, 0.6) is 5.75 Å². The molecule has 0 amide bonds. The molecule has 0 aliphatic rings. The minimum Gasteiger partial charge on any atom is -0.494 e. The fourth-order valence-electron chi connectivity index (χ4n) is 2.37. The fourth-order valence-corrected chi connectivity index (χ4v) is 3.20. The minimum atomic E-state index is 0.590. The molecule has 0 atom stereocenters. The number of hydrogen-bond donors (Lipinski definition) is 1. The molecular weight excluding hydrogens is 327 g/mol. The second-order valence-electron chi connectivity index (χ2n) is 4.65. The standard InChI is InChI=1S/C15H12Cl2N2OS/c1-20-13-4-2-3-12-14(13)18-15(21)19(12)8-9-5-10(16)7-11(17)6-9/h2-7H,8H2,1H3,(H,18,21). The van der Waals surface area contributed by atoms with E-state index in [0.29, 0.717) is 21.4 Å². The number of benzene rings is 2. The Balaban J connectivity index is 2.12. The normalized spacial score (nSPS) is 11.0. The Morgan fingerprint density at radius 2 is 1.90 bits per heavy atom. The van der Waals surface area contributed by atoms with Gasteiger partial charge in [0.05, 0.1) is 19.2 Å². The van der Waals surface area contributed by atoms with Crippen LogP contribution in [0.1, 0.15) is 5.56 Å². The average Bonchev–Trinajstić information content (AvgIpc) is 2.74. The number of imidazole rings is 1. The van der Waals surface area contributed by atoms with E-state index in [1.54, 1.807) is 13.2 Å². The molecule has 1 aromatic heterocycles. The van der Waals surface area contributed by atoms with Crippen molar-refractivity contribution in [1.82, 2.24) is 9.55 Å². The zero-order valence-corrected chi connectivity index (χ0v) is 13.5. The number of aromatic nitrogens is 2. The summed E-state index contributed by atoms with van der Waals surface area (Å²) in [4.78, 5) is 3.18. The third-order valence-corrected chi connectivity index (χ3v) is 4.01. The molecule has 0 saturated carbocycles. The van der Waals surface area contributed by atoms with Crippen LogP contribution in [0.2, 0.25) is 10.0 Å². The van der Waals surface area contributed by atoms with Gasteiger partial charge in [-0.05, 0) is 48.1 Å². The second-order valence-corrected chi connectivity index (χ2v) is 5.91. The summed E-state index contributed by atoms with van der Waals surface area (Å²) in [6.45, 7) is 0.590. The zero-order valence-electron chi connectivity index (χ0n) is 11.2. The lowest BCUT2D eigenvalue weighted by Crippen LogP contribution is -1.99. The minimum absolute atomic E-state index is 0.590. The highest BCUT2D eigenvalue weighted by Crippen LogP contribution is 2.26. The maximum Gasteiger partial charge on any atom is 0.178 e. The third-order valence-electron chi connectivity index (χ3n) is 3.26. The highest BCUT2D eigenvalue weighted by Gasteiger charge is 2.09. The average molecular weight is 339 g/mol. The number of hydrogen-bond acceptors (Lipinski definition) is 2. The van der Waals surface area contributed by atoms with Gasteiger partial charge in [0, 0.05) is 10.0 Å². The number of nitrogens with one attached hydrogen (secondary N) is 1. The number of aromatic amines is 1. The molecule has 0 fully saturated rings. The van der Waals surface area contributed by atoms with E-state index in [0.717, 1.165) is 22.3 Å². The van der Waals surface area contributed by atoms with Crippen molar-refractivity contribution in [3.8, 4) is 5.75 Å². The van der Waals surface area contributed by atoms with Crippen molar-refractivity contribution in [2.75, 3.05) is 7.11 Å². The van der Waals surface area contributed by atoms with Gasteiger partial charge in [0.2, 0.25) is 0 Å². The van der Waals surface area contributed by atoms with Crippen molar-refractivity contribution in [3.63, 3.8) is 0 Å². The van der Waals surface area contributed by atoms with Gasteiger partial charge in [-0.2, -0.15) is 0 Å². The molecule has 0 bridgehead atoms. The lowest BCUT2D eigenvalue weighted by atomic mass is 10.2. The Bertz CT molecular complexity index is 849. The Morgan fingerprint density at radius 1 is 1.19 bits per heavy atom. The van der Waals surface area contributed by atoms with E-state index in [1.165, 1.54) is 0 Å². The first-order valence-electron chi connectivity index (χ1n) is 6.29. The first kappa shape index (κ1) is 14.4. The number of methoxy groups -OCH3 is 1. The summed E-state index contributed by atoms with van der Waals surface area (Å²) in [6.07, 6.45) is 0. The van der Waals surface area contributed by atoms with Crippen molar-refractivity contribution in [2.24, 2.45) is 0 Å². The summed E-state index contributed by atoms with van der Waals surface area (Å²) in [6, 6.07) is 11.3. The predicted molar refractivity (Wildman–Crippen MR) is 89.2 cm³/mol. The molecular formula is C15H12Cl2N2OS. The highest BCUT2D eigenvalue weighted by molar-refractivity contribution is 7.71. The molecule has 1 N–H and O–H groups in total. The molecule has 0 aliphatic heterocycles. The van der Waals surface area contributed by atoms with Gasteiger partial charge in [-0.3, -0.25) is 0 Å². The molecule has 21 heavy (non-hydrogen) atoms. The fraction of sp³-hybridized carbons (Fsp3) is 0.133. The van der Waals surface area contributed by atoms with E-state index in [2.05, 4.69) is 4.98 Å². The number of para-hydroxylation sites is 1. The van der Waals surface area contributed by atoms with Crippen LogP contribution in [0.3, 0.4) is 0 Å². The molecule has 6 heteroatoms. The molecule has 0 spiro atoms. The van der Waals surface area contributed by atoms with Crippen LogP contribution in [0.25, 0.3) is 11.0 Å². The number of ether oxygens (including phenoxy) is 1. The predicted octanol–water partition coefficient (Wildman–Crippen LogP) is 5.06. The summed E-state index contributed by atoms with van der Waals surface area (Å²) in [7, 11) is 1.64. The molecule has 3 rings (SSSR count). The van der Waals surface area contributed by atoms with Crippen LogP contribution in [0, 0.1) is 4.77 Å². The molecule has 0 unspecified atom stereocenters. The van der Waals surface area contributed by atoms with Crippen molar-refractivity contribution in [2.45, 2.75) is 6.54 Å². The molecule has 3 nitrogen and oxygen atoms in total. The maximum absolute atomic E-state index is 6.05. The second kappa shape index (κ2) is 5.72. The summed E-state index contributed by atoms with van der Waals surface area (Å²) < 4.78 is 7.98. The van der Waals surface area contributed by atoms with Crippen LogP contribution in [-0.2, 0) is 6.54 Å². The molecule has 108 valence electrons. The van der Waals surface area contributed by atoms with Gasteiger partial charge in [-0.25, -0.2) is 0 Å². The van der Waals surface area contributed by atoms with Crippen molar-refractivity contribution >= 4 is 46.5 Å². The lowest BCUT2D eigenvalue weighted by Gasteiger charge is -2.07. The summed E-state index contributed by atoms with van der Waals surface area (Å²) >= 11 is 17.5. The van der Waals surface area contributed by atoms with E-state index < -0.39 is 0 Å². The van der Waals surface area contributed by atoms with Crippen LogP contribution in [-0.4, -0.2) is 16.7 Å². The van der Waals surface area contributed by atoms with E-state index in [9.17, 15) is 0 Å². The molecule has 0 radical (unpaired) electrons. The quantitative estimate of drug-likeness (QED) is 0.676.